The Morgan fingerprint density at radius 2 is 1.66 bits per heavy atom. The molecule has 0 unspecified atom stereocenters. The van der Waals surface area contributed by atoms with Gasteiger partial charge in [0, 0.05) is 43.3 Å². The Kier molecular flexibility index (Phi) is 5.56. The van der Waals surface area contributed by atoms with Crippen LogP contribution in [0.2, 0.25) is 0 Å². The first-order valence-electron chi connectivity index (χ1n) is 12.8. The van der Waals surface area contributed by atoms with E-state index < -0.39 is 15.7 Å². The molecular weight excluding hydrogens is 469 g/mol. The quantitative estimate of drug-likeness (QED) is 0.681. The fourth-order valence-electron chi connectivity index (χ4n) is 7.51. The summed E-state index contributed by atoms with van der Waals surface area (Å²) in [5, 5.41) is 3.62. The first kappa shape index (κ1) is 23.2. The van der Waals surface area contributed by atoms with E-state index in [0.717, 1.165) is 19.3 Å². The van der Waals surface area contributed by atoms with Gasteiger partial charge in [-0.25, -0.2) is 12.8 Å². The Bertz CT molecular complexity index is 1300. The van der Waals surface area contributed by atoms with Crippen LogP contribution in [-0.2, 0) is 16.4 Å². The van der Waals surface area contributed by atoms with Crippen molar-refractivity contribution in [1.29, 1.82) is 0 Å². The molecule has 7 nitrogen and oxygen atoms in total. The zero-order valence-corrected chi connectivity index (χ0v) is 20.7. The van der Waals surface area contributed by atoms with E-state index in [4.69, 9.17) is 0 Å². The Morgan fingerprint density at radius 1 is 1.03 bits per heavy atom. The lowest BCUT2D eigenvalue weighted by atomic mass is 9.53. The highest BCUT2D eigenvalue weighted by Gasteiger charge is 2.51. The Hall–Kier alpha value is -2.26. The van der Waals surface area contributed by atoms with E-state index in [0.29, 0.717) is 54.8 Å². The third-order valence-electron chi connectivity index (χ3n) is 8.80. The predicted octanol–water partition coefficient (Wildman–Crippen LogP) is 2.57. The van der Waals surface area contributed by atoms with Crippen LogP contribution in [-0.4, -0.2) is 60.5 Å². The second kappa shape index (κ2) is 8.40. The lowest BCUT2D eigenvalue weighted by Gasteiger charge is -2.56. The van der Waals surface area contributed by atoms with Crippen LogP contribution in [0.1, 0.15) is 48.9 Å². The highest BCUT2D eigenvalue weighted by molar-refractivity contribution is 7.91. The average molecular weight is 502 g/mol. The number of nitrogens with zero attached hydrogens (tertiary/aromatic N) is 2. The van der Waals surface area contributed by atoms with Crippen molar-refractivity contribution in [3.8, 4) is 0 Å². The number of carbonyl (C=O) groups is 1. The minimum atomic E-state index is -2.98. The maximum Gasteiger partial charge on any atom is 0.257 e. The molecule has 0 radical (unpaired) electrons. The third-order valence-corrected chi connectivity index (χ3v) is 10.4. The summed E-state index contributed by atoms with van der Waals surface area (Å²) in [5.41, 5.74) is -0.0326. The van der Waals surface area contributed by atoms with Crippen LogP contribution in [0, 0.1) is 23.6 Å². The average Bonchev–Trinajstić information content (AvgIpc) is 2.78. The van der Waals surface area contributed by atoms with E-state index in [-0.39, 0.29) is 33.9 Å². The molecule has 0 spiro atoms. The summed E-state index contributed by atoms with van der Waals surface area (Å²) in [6, 6.07) is 4.04. The van der Waals surface area contributed by atoms with Crippen LogP contribution in [0.5, 0.6) is 0 Å². The van der Waals surface area contributed by atoms with Gasteiger partial charge >= 0.3 is 0 Å². The molecule has 1 aromatic carbocycles. The van der Waals surface area contributed by atoms with Crippen molar-refractivity contribution in [2.24, 2.45) is 17.8 Å². The monoisotopic (exact) mass is 501 g/mol. The van der Waals surface area contributed by atoms with Gasteiger partial charge in [-0.2, -0.15) is 0 Å². The number of hydrogen-bond acceptors (Lipinski definition) is 5. The number of benzene rings is 1. The van der Waals surface area contributed by atoms with Gasteiger partial charge in [-0.15, -0.1) is 0 Å². The van der Waals surface area contributed by atoms with Crippen molar-refractivity contribution in [2.75, 3.05) is 31.1 Å². The van der Waals surface area contributed by atoms with Crippen LogP contribution in [0.25, 0.3) is 10.9 Å². The number of halogens is 1. The first-order valence-corrected chi connectivity index (χ1v) is 14.6. The van der Waals surface area contributed by atoms with E-state index in [1.807, 2.05) is 0 Å². The number of rotatable bonds is 5. The number of nitrogens with one attached hydrogen (secondary N) is 1. The summed E-state index contributed by atoms with van der Waals surface area (Å²) < 4.78 is 39.4. The van der Waals surface area contributed by atoms with E-state index in [2.05, 4.69) is 10.2 Å². The second-order valence-corrected chi connectivity index (χ2v) is 13.7. The van der Waals surface area contributed by atoms with Crippen LogP contribution in [0.3, 0.4) is 0 Å². The molecule has 1 saturated heterocycles. The van der Waals surface area contributed by atoms with Gasteiger partial charge in [0.1, 0.15) is 11.4 Å². The van der Waals surface area contributed by atoms with Crippen LogP contribution in [0.15, 0.2) is 29.2 Å². The van der Waals surface area contributed by atoms with Crippen molar-refractivity contribution < 1.29 is 17.6 Å². The fourth-order valence-corrected chi connectivity index (χ4v) is 8.78. The normalized spacial score (nSPS) is 31.6. The van der Waals surface area contributed by atoms with Gasteiger partial charge in [0.2, 0.25) is 5.43 Å². The first-order chi connectivity index (χ1) is 16.7. The maximum absolute atomic E-state index is 14.1. The van der Waals surface area contributed by atoms with Gasteiger partial charge in [0.05, 0.1) is 17.0 Å². The SMILES string of the molecule is O=C(NC12CC3CC(CC(C3)C1)C2)c1cn(CCN2CCS(=O)(=O)CC2)c2cc(F)ccc2c1=O. The van der Waals surface area contributed by atoms with Crippen molar-refractivity contribution >= 4 is 26.6 Å². The predicted molar refractivity (Wildman–Crippen MR) is 132 cm³/mol. The molecule has 5 aliphatic rings. The molecule has 2 heterocycles. The second-order valence-electron chi connectivity index (χ2n) is 11.4. The summed E-state index contributed by atoms with van der Waals surface area (Å²) in [7, 11) is -2.98. The van der Waals surface area contributed by atoms with Crippen molar-refractivity contribution in [1.82, 2.24) is 14.8 Å². The van der Waals surface area contributed by atoms with Gasteiger partial charge in [-0.3, -0.25) is 14.5 Å². The topological polar surface area (TPSA) is 88.5 Å². The van der Waals surface area contributed by atoms with Gasteiger partial charge in [0.15, 0.2) is 9.84 Å². The minimum absolute atomic E-state index is 0.0982. The Labute approximate surface area is 204 Å². The molecule has 4 saturated carbocycles. The summed E-state index contributed by atoms with van der Waals surface area (Å²) >= 11 is 0. The number of carbonyl (C=O) groups excluding carboxylic acids is 1. The van der Waals surface area contributed by atoms with E-state index >= 15 is 0 Å². The molecule has 9 heteroatoms. The molecule has 1 N–H and O–H groups in total. The summed E-state index contributed by atoms with van der Waals surface area (Å²) in [4.78, 5) is 28.9. The number of hydrogen-bond donors (Lipinski definition) is 1. The molecular formula is C26H32FN3O4S. The Morgan fingerprint density at radius 3 is 2.29 bits per heavy atom. The lowest BCUT2D eigenvalue weighted by Crippen LogP contribution is -2.60. The lowest BCUT2D eigenvalue weighted by molar-refractivity contribution is -0.0167. The molecule has 0 atom stereocenters. The molecule has 2 aromatic rings. The van der Waals surface area contributed by atoms with E-state index in [1.165, 1.54) is 37.5 Å². The van der Waals surface area contributed by atoms with E-state index in [1.54, 1.807) is 10.8 Å². The summed E-state index contributed by atoms with van der Waals surface area (Å²) in [5.74, 6) is 1.50. The molecule has 188 valence electrons. The molecule has 5 fully saturated rings. The zero-order chi connectivity index (χ0) is 24.4. The molecule has 35 heavy (non-hydrogen) atoms. The number of sulfone groups is 1. The summed E-state index contributed by atoms with van der Waals surface area (Å²) in [6.45, 7) is 1.89. The summed E-state index contributed by atoms with van der Waals surface area (Å²) in [6.07, 6.45) is 8.35. The molecule has 7 rings (SSSR count). The highest BCUT2D eigenvalue weighted by Crippen LogP contribution is 2.55. The standard InChI is InChI=1S/C26H32FN3O4S/c27-20-1-2-21-23(12-20)30(4-3-29-5-7-35(33,34)8-6-29)16-22(24(21)31)25(32)28-26-13-17-9-18(14-26)11-19(10-17)15-26/h1-2,12,16-19H,3-11,13-15H2,(H,28,32). The molecule has 1 amide bonds. The number of aromatic nitrogens is 1. The third kappa shape index (κ3) is 4.42. The van der Waals surface area contributed by atoms with Crippen LogP contribution < -0.4 is 10.7 Å². The van der Waals surface area contributed by atoms with E-state index in [9.17, 15) is 22.4 Å². The minimum Gasteiger partial charge on any atom is -0.346 e. The highest BCUT2D eigenvalue weighted by atomic mass is 32.2. The number of amides is 1. The van der Waals surface area contributed by atoms with Crippen LogP contribution >= 0.6 is 0 Å². The van der Waals surface area contributed by atoms with Gasteiger partial charge in [-0.1, -0.05) is 0 Å². The van der Waals surface area contributed by atoms with Gasteiger partial charge in [0.25, 0.3) is 5.91 Å². The molecule has 1 aromatic heterocycles. The smallest absolute Gasteiger partial charge is 0.257 e. The fraction of sp³-hybridized carbons (Fsp3) is 0.615. The maximum atomic E-state index is 14.1. The van der Waals surface area contributed by atoms with Gasteiger partial charge < -0.3 is 9.88 Å². The molecule has 4 bridgehead atoms. The van der Waals surface area contributed by atoms with Crippen molar-refractivity contribution in [2.45, 2.75) is 50.6 Å². The molecule has 4 aliphatic carbocycles. The molecule has 1 aliphatic heterocycles. The zero-order valence-electron chi connectivity index (χ0n) is 19.8. The Balaban J connectivity index is 1.28. The van der Waals surface area contributed by atoms with Crippen molar-refractivity contribution in [3.63, 3.8) is 0 Å². The van der Waals surface area contributed by atoms with Crippen molar-refractivity contribution in [3.05, 3.63) is 46.0 Å². The largest absolute Gasteiger partial charge is 0.346 e. The van der Waals surface area contributed by atoms with Crippen LogP contribution in [0.4, 0.5) is 4.39 Å². The number of fused-ring (bicyclic) bond motifs is 1. The van der Waals surface area contributed by atoms with Gasteiger partial charge in [-0.05, 0) is 74.5 Å². The number of pyridine rings is 1.